The van der Waals surface area contributed by atoms with E-state index in [1.165, 1.54) is 11.3 Å². The molecule has 6 heteroatoms. The third kappa shape index (κ3) is 5.68. The first-order valence-corrected chi connectivity index (χ1v) is 10.2. The molecule has 0 unspecified atom stereocenters. The lowest BCUT2D eigenvalue weighted by molar-refractivity contribution is -0.122. The second-order valence-corrected chi connectivity index (χ2v) is 7.54. The van der Waals surface area contributed by atoms with Gasteiger partial charge in [0.05, 0.1) is 12.2 Å². The molecule has 2 aromatic carbocycles. The highest BCUT2D eigenvalue weighted by molar-refractivity contribution is 7.16. The Morgan fingerprint density at radius 3 is 2.34 bits per heavy atom. The minimum absolute atomic E-state index is 0.267. The molecule has 3 aromatic rings. The summed E-state index contributed by atoms with van der Waals surface area (Å²) in [7, 11) is 0. The maximum absolute atomic E-state index is 12.6. The molecule has 0 aliphatic rings. The van der Waals surface area contributed by atoms with Crippen LogP contribution >= 0.6 is 11.3 Å². The number of thiophene rings is 1. The molecular weight excluding hydrogens is 386 g/mol. The zero-order chi connectivity index (χ0) is 20.6. The lowest BCUT2D eigenvalue weighted by Gasteiger charge is -2.14. The van der Waals surface area contributed by atoms with Crippen LogP contribution in [0.1, 0.15) is 34.6 Å². The Balaban J connectivity index is 1.76. The molecule has 0 fully saturated rings. The standard InChI is InChI=1S/C23H23NO4S/c1-3-27-23(26)20-15-19(14-17-10-6-4-7-11-17)29-22(20)24-21(25)16(2)28-18-12-8-5-9-13-18/h4-13,15-16H,3,14H2,1-2H3,(H,24,25)/t16-/m1/s1. The van der Waals surface area contributed by atoms with Crippen LogP contribution in [0, 0.1) is 0 Å². The SMILES string of the molecule is CCOC(=O)c1cc(Cc2ccccc2)sc1NC(=O)[C@@H](C)Oc1ccccc1. The number of hydrogen-bond donors (Lipinski definition) is 1. The molecule has 0 saturated heterocycles. The molecule has 0 bridgehead atoms. The summed E-state index contributed by atoms with van der Waals surface area (Å²) >= 11 is 1.37. The van der Waals surface area contributed by atoms with Crippen LogP contribution < -0.4 is 10.1 Å². The van der Waals surface area contributed by atoms with Gasteiger partial charge in [-0.05, 0) is 37.6 Å². The fourth-order valence-electron chi connectivity index (χ4n) is 2.75. The van der Waals surface area contributed by atoms with E-state index >= 15 is 0 Å². The van der Waals surface area contributed by atoms with E-state index in [0.29, 0.717) is 22.7 Å². The van der Waals surface area contributed by atoms with E-state index in [2.05, 4.69) is 5.32 Å². The smallest absolute Gasteiger partial charge is 0.341 e. The number of para-hydroxylation sites is 1. The molecule has 3 rings (SSSR count). The fraction of sp³-hybridized carbons (Fsp3) is 0.217. The Bertz CT molecular complexity index is 954. The first kappa shape index (κ1) is 20.6. The number of amides is 1. The lowest BCUT2D eigenvalue weighted by Crippen LogP contribution is -2.30. The molecule has 0 aliphatic heterocycles. The molecule has 1 N–H and O–H groups in total. The van der Waals surface area contributed by atoms with Crippen molar-refractivity contribution in [3.05, 3.63) is 82.7 Å². The van der Waals surface area contributed by atoms with Gasteiger partial charge in [0, 0.05) is 11.3 Å². The number of carbonyl (C=O) groups is 2. The van der Waals surface area contributed by atoms with Crippen molar-refractivity contribution in [1.29, 1.82) is 0 Å². The number of esters is 1. The highest BCUT2D eigenvalue weighted by atomic mass is 32.1. The number of anilines is 1. The number of carbonyl (C=O) groups excluding carboxylic acids is 2. The fourth-order valence-corrected chi connectivity index (χ4v) is 3.83. The Hall–Kier alpha value is -3.12. The summed E-state index contributed by atoms with van der Waals surface area (Å²) in [5.74, 6) is -0.167. The average molecular weight is 410 g/mol. The maximum Gasteiger partial charge on any atom is 0.341 e. The zero-order valence-electron chi connectivity index (χ0n) is 16.4. The highest BCUT2D eigenvalue weighted by Crippen LogP contribution is 2.31. The van der Waals surface area contributed by atoms with E-state index in [-0.39, 0.29) is 12.5 Å². The molecule has 0 aliphatic carbocycles. The van der Waals surface area contributed by atoms with Crippen molar-refractivity contribution in [2.75, 3.05) is 11.9 Å². The van der Waals surface area contributed by atoms with E-state index in [0.717, 1.165) is 10.4 Å². The van der Waals surface area contributed by atoms with Gasteiger partial charge in [-0.1, -0.05) is 48.5 Å². The molecule has 1 atom stereocenters. The van der Waals surface area contributed by atoms with Crippen LogP contribution in [0.5, 0.6) is 5.75 Å². The predicted octanol–water partition coefficient (Wildman–Crippen LogP) is 4.92. The van der Waals surface area contributed by atoms with Gasteiger partial charge in [0.25, 0.3) is 5.91 Å². The van der Waals surface area contributed by atoms with E-state index in [4.69, 9.17) is 9.47 Å². The van der Waals surface area contributed by atoms with Crippen molar-refractivity contribution in [2.24, 2.45) is 0 Å². The van der Waals surface area contributed by atoms with Gasteiger partial charge < -0.3 is 14.8 Å². The van der Waals surface area contributed by atoms with Crippen LogP contribution in [-0.2, 0) is 16.0 Å². The van der Waals surface area contributed by atoms with Crippen LogP contribution in [0.25, 0.3) is 0 Å². The Kier molecular flexibility index (Phi) is 7.03. The molecule has 1 heterocycles. The highest BCUT2D eigenvalue weighted by Gasteiger charge is 2.22. The van der Waals surface area contributed by atoms with Crippen LogP contribution in [0.15, 0.2) is 66.7 Å². The summed E-state index contributed by atoms with van der Waals surface area (Å²) in [6.45, 7) is 3.69. The summed E-state index contributed by atoms with van der Waals surface area (Å²) < 4.78 is 10.8. The van der Waals surface area contributed by atoms with Gasteiger partial charge in [-0.2, -0.15) is 0 Å². The van der Waals surface area contributed by atoms with E-state index < -0.39 is 12.1 Å². The Morgan fingerprint density at radius 1 is 1.03 bits per heavy atom. The monoisotopic (exact) mass is 409 g/mol. The van der Waals surface area contributed by atoms with Crippen LogP contribution in [0.3, 0.4) is 0 Å². The second kappa shape index (κ2) is 9.89. The predicted molar refractivity (Wildman–Crippen MR) is 115 cm³/mol. The molecule has 0 saturated carbocycles. The van der Waals surface area contributed by atoms with Gasteiger partial charge in [-0.15, -0.1) is 11.3 Å². The summed E-state index contributed by atoms with van der Waals surface area (Å²) in [5, 5.41) is 3.30. The summed E-state index contributed by atoms with van der Waals surface area (Å²) in [5.41, 5.74) is 1.49. The maximum atomic E-state index is 12.6. The normalized spacial score (nSPS) is 11.5. The average Bonchev–Trinajstić information content (AvgIpc) is 3.12. The van der Waals surface area contributed by atoms with Gasteiger partial charge in [0.15, 0.2) is 6.10 Å². The Morgan fingerprint density at radius 2 is 1.69 bits per heavy atom. The van der Waals surface area contributed by atoms with Crippen molar-refractivity contribution in [3.63, 3.8) is 0 Å². The molecule has 1 amide bonds. The number of ether oxygens (including phenoxy) is 2. The van der Waals surface area contributed by atoms with Crippen LogP contribution in [0.2, 0.25) is 0 Å². The van der Waals surface area contributed by atoms with Gasteiger partial charge in [-0.3, -0.25) is 4.79 Å². The van der Waals surface area contributed by atoms with Crippen LogP contribution in [0.4, 0.5) is 5.00 Å². The van der Waals surface area contributed by atoms with Crippen molar-refractivity contribution >= 4 is 28.2 Å². The first-order valence-electron chi connectivity index (χ1n) is 9.43. The number of hydrogen-bond acceptors (Lipinski definition) is 5. The second-order valence-electron chi connectivity index (χ2n) is 6.40. The molecule has 150 valence electrons. The third-order valence-corrected chi connectivity index (χ3v) is 5.21. The van der Waals surface area contributed by atoms with Crippen molar-refractivity contribution < 1.29 is 19.1 Å². The molecule has 0 radical (unpaired) electrons. The summed E-state index contributed by atoms with van der Waals surface area (Å²) in [6.07, 6.45) is -0.0451. The van der Waals surface area contributed by atoms with Gasteiger partial charge in [-0.25, -0.2) is 4.79 Å². The van der Waals surface area contributed by atoms with Gasteiger partial charge >= 0.3 is 5.97 Å². The lowest BCUT2D eigenvalue weighted by atomic mass is 10.1. The van der Waals surface area contributed by atoms with Gasteiger partial charge in [0.1, 0.15) is 10.8 Å². The van der Waals surface area contributed by atoms with Crippen LogP contribution in [-0.4, -0.2) is 24.6 Å². The summed E-state index contributed by atoms with van der Waals surface area (Å²) in [6, 6.07) is 20.9. The number of benzene rings is 2. The van der Waals surface area contributed by atoms with Crippen molar-refractivity contribution in [2.45, 2.75) is 26.4 Å². The largest absolute Gasteiger partial charge is 0.481 e. The van der Waals surface area contributed by atoms with E-state index in [1.807, 2.05) is 48.5 Å². The molecule has 5 nitrogen and oxygen atoms in total. The molecule has 29 heavy (non-hydrogen) atoms. The Labute approximate surface area is 174 Å². The zero-order valence-corrected chi connectivity index (χ0v) is 17.2. The summed E-state index contributed by atoms with van der Waals surface area (Å²) in [4.78, 5) is 26.0. The first-order chi connectivity index (χ1) is 14.1. The minimum Gasteiger partial charge on any atom is -0.481 e. The number of nitrogens with one attached hydrogen (secondary N) is 1. The topological polar surface area (TPSA) is 64.6 Å². The van der Waals surface area contributed by atoms with E-state index in [1.54, 1.807) is 32.0 Å². The molecule has 0 spiro atoms. The van der Waals surface area contributed by atoms with E-state index in [9.17, 15) is 9.59 Å². The van der Waals surface area contributed by atoms with Crippen molar-refractivity contribution in [3.8, 4) is 5.75 Å². The van der Waals surface area contributed by atoms with Gasteiger partial charge in [0.2, 0.25) is 0 Å². The molecular formula is C23H23NO4S. The molecule has 1 aromatic heterocycles. The third-order valence-electron chi connectivity index (χ3n) is 4.16. The quantitative estimate of drug-likeness (QED) is 0.536. The van der Waals surface area contributed by atoms with Crippen molar-refractivity contribution in [1.82, 2.24) is 0 Å². The number of rotatable bonds is 8. The minimum atomic E-state index is -0.716.